The van der Waals surface area contributed by atoms with Crippen molar-refractivity contribution in [2.24, 2.45) is 5.92 Å². The van der Waals surface area contributed by atoms with Gasteiger partial charge in [-0.25, -0.2) is 0 Å². The van der Waals surface area contributed by atoms with Gasteiger partial charge in [0.1, 0.15) is 0 Å². The van der Waals surface area contributed by atoms with Crippen LogP contribution < -0.4 is 5.32 Å². The molecule has 1 aliphatic heterocycles. The molecule has 1 heterocycles. The van der Waals surface area contributed by atoms with Crippen molar-refractivity contribution in [3.8, 4) is 0 Å². The van der Waals surface area contributed by atoms with Crippen molar-refractivity contribution in [3.63, 3.8) is 0 Å². The van der Waals surface area contributed by atoms with Crippen LogP contribution in [0.5, 0.6) is 0 Å². The third-order valence-electron chi connectivity index (χ3n) is 3.67. The number of hydrogen-bond acceptors (Lipinski definition) is 3. The molecule has 1 N–H and O–H groups in total. The van der Waals surface area contributed by atoms with E-state index in [2.05, 4.69) is 37.9 Å². The van der Waals surface area contributed by atoms with E-state index < -0.39 is 0 Å². The Labute approximate surface area is 107 Å². The van der Waals surface area contributed by atoms with E-state index in [1.807, 2.05) is 0 Å². The average Bonchev–Trinajstić information content (AvgIpc) is 2.23. The Bertz CT molecular complexity index is 216. The van der Waals surface area contributed by atoms with E-state index in [1.54, 1.807) is 7.11 Å². The lowest BCUT2D eigenvalue weighted by Gasteiger charge is -2.46. The highest BCUT2D eigenvalue weighted by atomic mass is 16.5. The molecule has 1 rings (SSSR count). The molecule has 0 amide bonds. The van der Waals surface area contributed by atoms with Crippen LogP contribution in [0.1, 0.15) is 40.5 Å². The normalized spacial score (nSPS) is 25.4. The maximum Gasteiger partial charge on any atom is 0.0462 e. The number of methoxy groups -OCH3 is 1. The zero-order valence-corrected chi connectivity index (χ0v) is 12.3. The average molecular weight is 242 g/mol. The van der Waals surface area contributed by atoms with Gasteiger partial charge in [0, 0.05) is 38.4 Å². The van der Waals surface area contributed by atoms with Crippen LogP contribution in [0.15, 0.2) is 0 Å². The van der Waals surface area contributed by atoms with E-state index >= 15 is 0 Å². The summed E-state index contributed by atoms with van der Waals surface area (Å²) in [6.45, 7) is 13.6. The van der Waals surface area contributed by atoms with E-state index in [9.17, 15) is 0 Å². The predicted octanol–water partition coefficient (Wildman–Crippen LogP) is 2.12. The van der Waals surface area contributed by atoms with Gasteiger partial charge in [0.15, 0.2) is 0 Å². The Morgan fingerprint density at radius 3 is 2.65 bits per heavy atom. The van der Waals surface area contributed by atoms with Crippen LogP contribution in [0, 0.1) is 5.92 Å². The minimum atomic E-state index is 0.257. The second-order valence-electron chi connectivity index (χ2n) is 6.25. The molecule has 3 nitrogen and oxygen atoms in total. The predicted molar refractivity (Wildman–Crippen MR) is 73.4 cm³/mol. The van der Waals surface area contributed by atoms with Crippen molar-refractivity contribution in [1.82, 2.24) is 10.2 Å². The maximum absolute atomic E-state index is 5.12. The summed E-state index contributed by atoms with van der Waals surface area (Å²) in [6, 6.07) is 0.686. The molecule has 1 saturated heterocycles. The Kier molecular flexibility index (Phi) is 5.90. The van der Waals surface area contributed by atoms with Crippen molar-refractivity contribution >= 4 is 0 Å². The number of hydrogen-bond donors (Lipinski definition) is 1. The Morgan fingerprint density at radius 2 is 2.06 bits per heavy atom. The van der Waals surface area contributed by atoms with E-state index in [1.165, 1.54) is 19.4 Å². The smallest absolute Gasteiger partial charge is 0.0462 e. The van der Waals surface area contributed by atoms with Gasteiger partial charge in [-0.05, 0) is 39.2 Å². The molecular formula is C14H30N2O. The monoisotopic (exact) mass is 242 g/mol. The number of piperazine rings is 1. The fourth-order valence-corrected chi connectivity index (χ4v) is 2.65. The molecule has 0 aliphatic carbocycles. The van der Waals surface area contributed by atoms with E-state index in [0.717, 1.165) is 25.6 Å². The lowest BCUT2D eigenvalue weighted by Crippen LogP contribution is -2.62. The summed E-state index contributed by atoms with van der Waals surface area (Å²) in [5.74, 6) is 0.723. The molecular weight excluding hydrogens is 212 g/mol. The van der Waals surface area contributed by atoms with Crippen molar-refractivity contribution in [2.45, 2.75) is 52.1 Å². The van der Waals surface area contributed by atoms with Crippen molar-refractivity contribution in [2.75, 3.05) is 33.4 Å². The van der Waals surface area contributed by atoms with Gasteiger partial charge in [-0.15, -0.1) is 0 Å². The van der Waals surface area contributed by atoms with Gasteiger partial charge in [-0.2, -0.15) is 0 Å². The molecule has 1 unspecified atom stereocenters. The fourth-order valence-electron chi connectivity index (χ4n) is 2.65. The largest absolute Gasteiger partial charge is 0.385 e. The first-order valence-corrected chi connectivity index (χ1v) is 6.94. The van der Waals surface area contributed by atoms with E-state index in [0.29, 0.717) is 6.04 Å². The lowest BCUT2D eigenvalue weighted by atomic mass is 9.93. The molecule has 0 bridgehead atoms. The topological polar surface area (TPSA) is 24.5 Å². The van der Waals surface area contributed by atoms with Crippen LogP contribution in [0.4, 0.5) is 0 Å². The summed E-state index contributed by atoms with van der Waals surface area (Å²) in [5, 5.41) is 3.65. The highest BCUT2D eigenvalue weighted by Gasteiger charge is 2.33. The third-order valence-corrected chi connectivity index (χ3v) is 3.67. The standard InChI is InChI=1S/C14H30N2O/c1-12(2)13-10-15-14(3,4)11-16(13)8-6-7-9-17-5/h12-13,15H,6-11H2,1-5H3. The van der Waals surface area contributed by atoms with Crippen molar-refractivity contribution in [3.05, 3.63) is 0 Å². The quantitative estimate of drug-likeness (QED) is 0.722. The van der Waals surface area contributed by atoms with Gasteiger partial charge >= 0.3 is 0 Å². The van der Waals surface area contributed by atoms with Gasteiger partial charge in [-0.1, -0.05) is 13.8 Å². The summed E-state index contributed by atoms with van der Waals surface area (Å²) >= 11 is 0. The van der Waals surface area contributed by atoms with Crippen LogP contribution in [-0.4, -0.2) is 49.8 Å². The summed E-state index contributed by atoms with van der Waals surface area (Å²) in [5.41, 5.74) is 0.257. The van der Waals surface area contributed by atoms with E-state index in [-0.39, 0.29) is 5.54 Å². The Morgan fingerprint density at radius 1 is 1.35 bits per heavy atom. The zero-order chi connectivity index (χ0) is 12.9. The number of ether oxygens (including phenoxy) is 1. The number of rotatable bonds is 6. The lowest BCUT2D eigenvalue weighted by molar-refractivity contribution is 0.0656. The summed E-state index contributed by atoms with van der Waals surface area (Å²) in [4.78, 5) is 2.66. The maximum atomic E-state index is 5.12. The van der Waals surface area contributed by atoms with Crippen molar-refractivity contribution in [1.29, 1.82) is 0 Å². The number of nitrogens with zero attached hydrogens (tertiary/aromatic N) is 1. The molecule has 0 radical (unpaired) electrons. The first-order valence-electron chi connectivity index (χ1n) is 6.94. The van der Waals surface area contributed by atoms with Crippen LogP contribution in [0.2, 0.25) is 0 Å². The third kappa shape index (κ3) is 4.94. The van der Waals surface area contributed by atoms with Crippen LogP contribution in [0.3, 0.4) is 0 Å². The highest BCUT2D eigenvalue weighted by Crippen LogP contribution is 2.20. The molecule has 0 aromatic heterocycles. The molecule has 0 aromatic carbocycles. The minimum absolute atomic E-state index is 0.257. The Hall–Kier alpha value is -0.120. The van der Waals surface area contributed by atoms with E-state index in [4.69, 9.17) is 4.74 Å². The molecule has 0 aromatic rings. The molecule has 3 heteroatoms. The SMILES string of the molecule is COCCCCN1CC(C)(C)NCC1C(C)C. The van der Waals surface area contributed by atoms with Gasteiger partial charge in [-0.3, -0.25) is 4.90 Å². The van der Waals surface area contributed by atoms with Gasteiger partial charge in [0.05, 0.1) is 0 Å². The molecule has 17 heavy (non-hydrogen) atoms. The second kappa shape index (κ2) is 6.72. The zero-order valence-electron chi connectivity index (χ0n) is 12.3. The molecule has 1 aliphatic rings. The fraction of sp³-hybridized carbons (Fsp3) is 1.00. The summed E-state index contributed by atoms with van der Waals surface area (Å²) < 4.78 is 5.12. The highest BCUT2D eigenvalue weighted by molar-refractivity contribution is 4.93. The molecule has 102 valence electrons. The summed E-state index contributed by atoms with van der Waals surface area (Å²) in [6.07, 6.45) is 2.42. The molecule has 0 saturated carbocycles. The first kappa shape index (κ1) is 14.9. The molecule has 1 atom stereocenters. The van der Waals surface area contributed by atoms with Gasteiger partial charge in [0.2, 0.25) is 0 Å². The van der Waals surface area contributed by atoms with Gasteiger partial charge < -0.3 is 10.1 Å². The second-order valence-corrected chi connectivity index (χ2v) is 6.25. The van der Waals surface area contributed by atoms with Crippen molar-refractivity contribution < 1.29 is 4.74 Å². The number of nitrogens with one attached hydrogen (secondary N) is 1. The van der Waals surface area contributed by atoms with Crippen LogP contribution in [0.25, 0.3) is 0 Å². The molecule has 0 spiro atoms. The first-order chi connectivity index (χ1) is 7.96. The van der Waals surface area contributed by atoms with Gasteiger partial charge in [0.25, 0.3) is 0 Å². The number of unbranched alkanes of at least 4 members (excludes halogenated alkanes) is 1. The molecule has 1 fully saturated rings. The van der Waals surface area contributed by atoms with Crippen LogP contribution in [-0.2, 0) is 4.74 Å². The summed E-state index contributed by atoms with van der Waals surface area (Å²) in [7, 11) is 1.78. The Balaban J connectivity index is 2.44. The van der Waals surface area contributed by atoms with Crippen LogP contribution >= 0.6 is 0 Å². The minimum Gasteiger partial charge on any atom is -0.385 e.